The van der Waals surface area contributed by atoms with Crippen molar-refractivity contribution in [2.24, 2.45) is 0 Å². The molecule has 0 heterocycles. The summed E-state index contributed by atoms with van der Waals surface area (Å²) in [6, 6.07) is 19.5. The Hall–Kier alpha value is -2.43. The lowest BCUT2D eigenvalue weighted by Crippen LogP contribution is -2.38. The van der Waals surface area contributed by atoms with Gasteiger partial charge in [-0.05, 0) is 67.7 Å². The first-order valence-corrected chi connectivity index (χ1v) is 12.0. The topological polar surface area (TPSA) is 52.6 Å². The molecule has 0 aliphatic heterocycles. The normalized spacial score (nSPS) is 18.7. The molecule has 1 aliphatic carbocycles. The summed E-state index contributed by atoms with van der Waals surface area (Å²) in [5.41, 5.74) is 3.86. The summed E-state index contributed by atoms with van der Waals surface area (Å²) < 4.78 is 0. The van der Waals surface area contributed by atoms with Crippen molar-refractivity contribution < 1.29 is 9.90 Å². The van der Waals surface area contributed by atoms with Crippen LogP contribution in [0.5, 0.6) is 0 Å². The van der Waals surface area contributed by atoms with E-state index in [4.69, 9.17) is 5.11 Å². The molecule has 172 valence electrons. The van der Waals surface area contributed by atoms with Crippen LogP contribution in [0.3, 0.4) is 0 Å². The molecule has 2 aromatic rings. The Labute approximate surface area is 193 Å². The molecule has 3 rings (SSSR count). The molecule has 2 aromatic carbocycles. The Morgan fingerprint density at radius 1 is 1.03 bits per heavy atom. The summed E-state index contributed by atoms with van der Waals surface area (Å²) in [7, 11) is 1.96. The number of benzene rings is 2. The molecule has 4 heteroatoms. The van der Waals surface area contributed by atoms with E-state index in [0.717, 1.165) is 57.2 Å². The molecule has 0 atom stereocenters. The number of hydrogen-bond donors (Lipinski definition) is 2. The van der Waals surface area contributed by atoms with Crippen molar-refractivity contribution in [3.63, 3.8) is 0 Å². The number of carbonyl (C=O) groups is 1. The molecule has 0 radical (unpaired) electrons. The minimum atomic E-state index is 0.205. The number of nitrogens with one attached hydrogen (secondary N) is 1. The van der Waals surface area contributed by atoms with Crippen molar-refractivity contribution in [1.82, 2.24) is 10.2 Å². The maximum Gasteiger partial charge on any atom is 0.226 e. The van der Waals surface area contributed by atoms with Crippen molar-refractivity contribution in [3.05, 3.63) is 77.4 Å². The zero-order valence-corrected chi connectivity index (χ0v) is 19.4. The van der Waals surface area contributed by atoms with Crippen LogP contribution >= 0.6 is 0 Å². The SMILES string of the molecule is CN(C(=O)CC=Cc1ccccc1)C1CCC(c2ccc(CNCCCCO)cc2)CC1. The molecule has 0 spiro atoms. The van der Waals surface area contributed by atoms with E-state index in [9.17, 15) is 4.79 Å². The fraction of sp³-hybridized carbons (Fsp3) is 0.464. The average molecular weight is 435 g/mol. The van der Waals surface area contributed by atoms with Gasteiger partial charge in [0.15, 0.2) is 0 Å². The Kier molecular flexibility index (Phi) is 9.98. The summed E-state index contributed by atoms with van der Waals surface area (Å²) in [4.78, 5) is 14.6. The van der Waals surface area contributed by atoms with Crippen LogP contribution in [-0.2, 0) is 11.3 Å². The Bertz CT molecular complexity index is 824. The molecule has 1 saturated carbocycles. The van der Waals surface area contributed by atoms with Crippen molar-refractivity contribution in [3.8, 4) is 0 Å². The fourth-order valence-electron chi connectivity index (χ4n) is 4.51. The van der Waals surface area contributed by atoms with Gasteiger partial charge in [0.1, 0.15) is 0 Å². The second kappa shape index (κ2) is 13.2. The van der Waals surface area contributed by atoms with Crippen molar-refractivity contribution in [2.45, 2.75) is 63.5 Å². The van der Waals surface area contributed by atoms with Crippen LogP contribution in [0.25, 0.3) is 6.08 Å². The molecular formula is C28H38N2O2. The van der Waals surface area contributed by atoms with Gasteiger partial charge in [-0.25, -0.2) is 0 Å². The summed E-state index contributed by atoms with van der Waals surface area (Å²) in [5.74, 6) is 0.802. The van der Waals surface area contributed by atoms with Crippen LogP contribution in [0.1, 0.15) is 67.6 Å². The lowest BCUT2D eigenvalue weighted by molar-refractivity contribution is -0.131. The van der Waals surface area contributed by atoms with Crippen LogP contribution in [0.4, 0.5) is 0 Å². The molecule has 0 aromatic heterocycles. The maximum atomic E-state index is 12.6. The number of nitrogens with zero attached hydrogens (tertiary/aromatic N) is 1. The first-order valence-electron chi connectivity index (χ1n) is 12.0. The van der Waals surface area contributed by atoms with E-state index in [1.165, 1.54) is 11.1 Å². The van der Waals surface area contributed by atoms with Crippen LogP contribution in [0.2, 0.25) is 0 Å². The summed E-state index contributed by atoms with van der Waals surface area (Å²) in [6.45, 7) is 2.10. The highest BCUT2D eigenvalue weighted by Gasteiger charge is 2.26. The zero-order valence-electron chi connectivity index (χ0n) is 19.4. The summed E-state index contributed by atoms with van der Waals surface area (Å²) in [6.07, 6.45) is 10.8. The molecule has 0 bridgehead atoms. The number of carbonyl (C=O) groups excluding carboxylic acids is 1. The zero-order chi connectivity index (χ0) is 22.6. The van der Waals surface area contributed by atoms with Crippen molar-refractivity contribution >= 4 is 12.0 Å². The van der Waals surface area contributed by atoms with E-state index in [0.29, 0.717) is 18.4 Å². The van der Waals surface area contributed by atoms with Gasteiger partial charge in [0.2, 0.25) is 5.91 Å². The predicted molar refractivity (Wildman–Crippen MR) is 132 cm³/mol. The minimum absolute atomic E-state index is 0.205. The molecule has 1 aliphatic rings. The van der Waals surface area contributed by atoms with Gasteiger partial charge in [-0.15, -0.1) is 0 Å². The predicted octanol–water partition coefficient (Wildman–Crippen LogP) is 5.14. The van der Waals surface area contributed by atoms with Gasteiger partial charge in [-0.3, -0.25) is 4.79 Å². The monoisotopic (exact) mass is 434 g/mol. The molecule has 1 fully saturated rings. The largest absolute Gasteiger partial charge is 0.396 e. The molecule has 0 saturated heterocycles. The van der Waals surface area contributed by atoms with Gasteiger partial charge in [-0.2, -0.15) is 0 Å². The van der Waals surface area contributed by atoms with Gasteiger partial charge >= 0.3 is 0 Å². The highest BCUT2D eigenvalue weighted by molar-refractivity contribution is 5.78. The van der Waals surface area contributed by atoms with Gasteiger partial charge in [-0.1, -0.05) is 66.7 Å². The summed E-state index contributed by atoms with van der Waals surface area (Å²) >= 11 is 0. The van der Waals surface area contributed by atoms with Crippen molar-refractivity contribution in [1.29, 1.82) is 0 Å². The van der Waals surface area contributed by atoms with Crippen molar-refractivity contribution in [2.75, 3.05) is 20.2 Å². The third kappa shape index (κ3) is 7.61. The van der Waals surface area contributed by atoms with Crippen LogP contribution in [-0.4, -0.2) is 42.2 Å². The van der Waals surface area contributed by atoms with E-state index < -0.39 is 0 Å². The van der Waals surface area contributed by atoms with Gasteiger partial charge in [0.25, 0.3) is 0 Å². The van der Waals surface area contributed by atoms with Crippen LogP contribution in [0.15, 0.2) is 60.7 Å². The van der Waals surface area contributed by atoms with E-state index >= 15 is 0 Å². The second-order valence-corrected chi connectivity index (χ2v) is 8.88. The lowest BCUT2D eigenvalue weighted by Gasteiger charge is -2.35. The molecule has 0 unspecified atom stereocenters. The number of rotatable bonds is 11. The minimum Gasteiger partial charge on any atom is -0.396 e. The van der Waals surface area contributed by atoms with Gasteiger partial charge in [0.05, 0.1) is 0 Å². The fourth-order valence-corrected chi connectivity index (χ4v) is 4.51. The maximum absolute atomic E-state index is 12.6. The third-order valence-electron chi connectivity index (χ3n) is 6.58. The number of unbranched alkanes of at least 4 members (excludes halogenated alkanes) is 1. The van der Waals surface area contributed by atoms with Crippen LogP contribution in [0, 0.1) is 0 Å². The Morgan fingerprint density at radius 3 is 2.44 bits per heavy atom. The quantitative estimate of drug-likeness (QED) is 0.482. The highest BCUT2D eigenvalue weighted by atomic mass is 16.2. The first-order chi connectivity index (χ1) is 15.7. The smallest absolute Gasteiger partial charge is 0.226 e. The molecular weight excluding hydrogens is 396 g/mol. The highest BCUT2D eigenvalue weighted by Crippen LogP contribution is 2.34. The van der Waals surface area contributed by atoms with E-state index in [2.05, 4.69) is 29.6 Å². The number of hydrogen-bond acceptors (Lipinski definition) is 3. The van der Waals surface area contributed by atoms with E-state index in [-0.39, 0.29) is 12.5 Å². The van der Waals surface area contributed by atoms with Gasteiger partial charge < -0.3 is 15.3 Å². The molecule has 1 amide bonds. The number of aliphatic hydroxyl groups is 1. The number of amides is 1. The second-order valence-electron chi connectivity index (χ2n) is 8.88. The van der Waals surface area contributed by atoms with Gasteiger partial charge in [0, 0.05) is 32.7 Å². The average Bonchev–Trinajstić information content (AvgIpc) is 2.84. The standard InChI is InChI=1S/C28H38N2O2/c1-30(28(32)11-7-10-23-8-3-2-4-9-23)27-18-16-26(17-19-27)25-14-12-24(13-15-25)22-29-20-5-6-21-31/h2-4,7-10,12-15,26-27,29,31H,5-6,11,16-22H2,1H3. The Morgan fingerprint density at radius 2 is 1.75 bits per heavy atom. The Balaban J connectivity index is 1.40. The number of aliphatic hydroxyl groups excluding tert-OH is 1. The van der Waals surface area contributed by atoms with Crippen LogP contribution < -0.4 is 5.32 Å². The molecule has 32 heavy (non-hydrogen) atoms. The first kappa shape index (κ1) is 24.2. The molecule has 2 N–H and O–H groups in total. The van der Waals surface area contributed by atoms with E-state index in [1.807, 2.05) is 54.4 Å². The lowest BCUT2D eigenvalue weighted by atomic mass is 9.81. The molecule has 4 nitrogen and oxygen atoms in total. The third-order valence-corrected chi connectivity index (χ3v) is 6.58. The van der Waals surface area contributed by atoms with E-state index in [1.54, 1.807) is 0 Å². The summed E-state index contributed by atoms with van der Waals surface area (Å²) in [5, 5.41) is 12.3.